The van der Waals surface area contributed by atoms with Crippen molar-refractivity contribution in [3.8, 4) is 5.75 Å². The lowest BCUT2D eigenvalue weighted by Crippen LogP contribution is -2.38. The zero-order chi connectivity index (χ0) is 21.9. The average Bonchev–Trinajstić information content (AvgIpc) is 2.73. The third kappa shape index (κ3) is 7.10. The lowest BCUT2D eigenvalue weighted by Gasteiger charge is -2.14. The van der Waals surface area contributed by atoms with Gasteiger partial charge in [0.05, 0.1) is 13.2 Å². The van der Waals surface area contributed by atoms with E-state index in [1.165, 1.54) is 0 Å². The zero-order valence-electron chi connectivity index (χ0n) is 18.8. The third-order valence-electron chi connectivity index (χ3n) is 4.64. The Kier molecular flexibility index (Phi) is 9.19. The average molecular weight is 411 g/mol. The fourth-order valence-corrected chi connectivity index (χ4v) is 3.00. The standard InChI is InChI=1S/C24H34N4O2/c1-6-25-24(26-15-8-16-30-22-18(2)9-7-10-19(22)3)27-17-20-11-13-21(14-12-20)23(29)28(4)5/h7,9-14H,6,8,15-17H2,1-5H3,(H2,25,26,27). The van der Waals surface area contributed by atoms with Gasteiger partial charge in [0.15, 0.2) is 5.96 Å². The van der Waals surface area contributed by atoms with Crippen molar-refractivity contribution in [2.45, 2.75) is 33.7 Å². The molecule has 0 aliphatic carbocycles. The quantitative estimate of drug-likeness (QED) is 0.377. The molecule has 0 aromatic heterocycles. The highest BCUT2D eigenvalue weighted by atomic mass is 16.5. The minimum atomic E-state index is 0.00293. The molecule has 162 valence electrons. The summed E-state index contributed by atoms with van der Waals surface area (Å²) < 4.78 is 5.95. The van der Waals surface area contributed by atoms with Crippen molar-refractivity contribution in [3.05, 3.63) is 64.7 Å². The second-order valence-corrected chi connectivity index (χ2v) is 7.44. The first-order chi connectivity index (χ1) is 14.4. The number of benzene rings is 2. The van der Waals surface area contributed by atoms with Gasteiger partial charge in [-0.15, -0.1) is 0 Å². The Hall–Kier alpha value is -3.02. The number of guanidine groups is 1. The summed E-state index contributed by atoms with van der Waals surface area (Å²) in [7, 11) is 3.50. The molecular weight excluding hydrogens is 376 g/mol. The number of carbonyl (C=O) groups excluding carboxylic acids is 1. The van der Waals surface area contributed by atoms with Crippen molar-refractivity contribution in [2.24, 2.45) is 4.99 Å². The van der Waals surface area contributed by atoms with Crippen LogP contribution in [0.25, 0.3) is 0 Å². The molecule has 0 saturated carbocycles. The predicted octanol–water partition coefficient (Wildman–Crippen LogP) is 3.53. The predicted molar refractivity (Wildman–Crippen MR) is 123 cm³/mol. The molecule has 2 aromatic carbocycles. The van der Waals surface area contributed by atoms with Crippen LogP contribution in [0.2, 0.25) is 0 Å². The van der Waals surface area contributed by atoms with E-state index in [1.54, 1.807) is 19.0 Å². The van der Waals surface area contributed by atoms with Crippen molar-refractivity contribution < 1.29 is 9.53 Å². The first-order valence-corrected chi connectivity index (χ1v) is 10.4. The van der Waals surface area contributed by atoms with E-state index in [-0.39, 0.29) is 5.91 Å². The normalized spacial score (nSPS) is 11.2. The Morgan fingerprint density at radius 3 is 2.30 bits per heavy atom. The molecule has 0 fully saturated rings. The zero-order valence-corrected chi connectivity index (χ0v) is 18.8. The van der Waals surface area contributed by atoms with Gasteiger partial charge in [-0.3, -0.25) is 4.79 Å². The van der Waals surface area contributed by atoms with E-state index < -0.39 is 0 Å². The van der Waals surface area contributed by atoms with E-state index in [0.717, 1.165) is 47.9 Å². The number of ether oxygens (including phenoxy) is 1. The molecule has 0 bridgehead atoms. The number of carbonyl (C=O) groups is 1. The van der Waals surface area contributed by atoms with Crippen molar-refractivity contribution >= 4 is 11.9 Å². The van der Waals surface area contributed by atoms with Gasteiger partial charge in [-0.25, -0.2) is 4.99 Å². The van der Waals surface area contributed by atoms with Crippen LogP contribution in [-0.4, -0.2) is 50.6 Å². The van der Waals surface area contributed by atoms with Crippen LogP contribution in [0.3, 0.4) is 0 Å². The molecule has 0 heterocycles. The topological polar surface area (TPSA) is 66.0 Å². The largest absolute Gasteiger partial charge is 0.493 e. The third-order valence-corrected chi connectivity index (χ3v) is 4.64. The number of amides is 1. The van der Waals surface area contributed by atoms with Crippen molar-refractivity contribution in [1.29, 1.82) is 0 Å². The van der Waals surface area contributed by atoms with E-state index >= 15 is 0 Å². The Morgan fingerprint density at radius 2 is 1.70 bits per heavy atom. The number of rotatable bonds is 9. The summed E-state index contributed by atoms with van der Waals surface area (Å²) >= 11 is 0. The van der Waals surface area contributed by atoms with Crippen LogP contribution in [0.5, 0.6) is 5.75 Å². The highest BCUT2D eigenvalue weighted by molar-refractivity contribution is 5.93. The number of aliphatic imine (C=N–C) groups is 1. The fraction of sp³-hybridized carbons (Fsp3) is 0.417. The Morgan fingerprint density at radius 1 is 1.03 bits per heavy atom. The number of hydrogen-bond donors (Lipinski definition) is 2. The fourth-order valence-electron chi connectivity index (χ4n) is 3.00. The van der Waals surface area contributed by atoms with Gasteiger partial charge in [-0.05, 0) is 56.0 Å². The highest BCUT2D eigenvalue weighted by Gasteiger charge is 2.07. The van der Waals surface area contributed by atoms with Crippen LogP contribution >= 0.6 is 0 Å². The van der Waals surface area contributed by atoms with E-state index in [0.29, 0.717) is 18.7 Å². The van der Waals surface area contributed by atoms with E-state index in [4.69, 9.17) is 4.74 Å². The van der Waals surface area contributed by atoms with Gasteiger partial charge in [0, 0.05) is 32.7 Å². The van der Waals surface area contributed by atoms with Gasteiger partial charge in [-0.2, -0.15) is 0 Å². The number of para-hydroxylation sites is 1. The Bertz CT molecular complexity index is 825. The van der Waals surface area contributed by atoms with Crippen molar-refractivity contribution in [3.63, 3.8) is 0 Å². The van der Waals surface area contributed by atoms with Gasteiger partial charge in [0.1, 0.15) is 5.75 Å². The molecule has 0 unspecified atom stereocenters. The molecule has 2 N–H and O–H groups in total. The molecular formula is C24H34N4O2. The van der Waals surface area contributed by atoms with Crippen LogP contribution in [0, 0.1) is 13.8 Å². The first kappa shape index (κ1) is 23.3. The maximum atomic E-state index is 12.0. The lowest BCUT2D eigenvalue weighted by atomic mass is 10.1. The van der Waals surface area contributed by atoms with Crippen LogP contribution < -0.4 is 15.4 Å². The molecule has 1 amide bonds. The van der Waals surface area contributed by atoms with E-state index in [1.807, 2.05) is 37.3 Å². The smallest absolute Gasteiger partial charge is 0.253 e. The number of aryl methyl sites for hydroxylation is 2. The molecule has 6 nitrogen and oxygen atoms in total. The van der Waals surface area contributed by atoms with Gasteiger partial charge >= 0.3 is 0 Å². The SMILES string of the molecule is CCNC(=NCc1ccc(C(=O)N(C)C)cc1)NCCCOc1c(C)cccc1C. The molecule has 0 saturated heterocycles. The summed E-state index contributed by atoms with van der Waals surface area (Å²) in [4.78, 5) is 18.2. The molecule has 6 heteroatoms. The van der Waals surface area contributed by atoms with Crippen molar-refractivity contribution in [1.82, 2.24) is 15.5 Å². The second-order valence-electron chi connectivity index (χ2n) is 7.44. The van der Waals surface area contributed by atoms with Gasteiger partial charge in [-0.1, -0.05) is 30.3 Å². The molecule has 30 heavy (non-hydrogen) atoms. The summed E-state index contributed by atoms with van der Waals surface area (Å²) in [5.41, 5.74) is 4.06. The minimum absolute atomic E-state index is 0.00293. The van der Waals surface area contributed by atoms with Gasteiger partial charge in [0.2, 0.25) is 0 Å². The van der Waals surface area contributed by atoms with Crippen LogP contribution in [-0.2, 0) is 6.54 Å². The summed E-state index contributed by atoms with van der Waals surface area (Å²) in [6.07, 6.45) is 0.875. The highest BCUT2D eigenvalue weighted by Crippen LogP contribution is 2.22. The molecule has 0 aliphatic heterocycles. The number of nitrogens with zero attached hydrogens (tertiary/aromatic N) is 2. The Balaban J connectivity index is 1.82. The summed E-state index contributed by atoms with van der Waals surface area (Å²) in [6, 6.07) is 13.8. The molecule has 0 atom stereocenters. The summed E-state index contributed by atoms with van der Waals surface area (Å²) in [5, 5.41) is 6.61. The Labute approximate surface area is 180 Å². The van der Waals surface area contributed by atoms with E-state index in [9.17, 15) is 4.79 Å². The van der Waals surface area contributed by atoms with Crippen molar-refractivity contribution in [2.75, 3.05) is 33.8 Å². The minimum Gasteiger partial charge on any atom is -0.493 e. The molecule has 2 rings (SSSR count). The molecule has 0 radical (unpaired) electrons. The molecule has 0 aliphatic rings. The summed E-state index contributed by atoms with van der Waals surface area (Å²) in [6.45, 7) is 8.94. The second kappa shape index (κ2) is 11.9. The van der Waals surface area contributed by atoms with E-state index in [2.05, 4.69) is 41.6 Å². The van der Waals surface area contributed by atoms with Crippen LogP contribution in [0.15, 0.2) is 47.5 Å². The summed E-state index contributed by atoms with van der Waals surface area (Å²) in [5.74, 6) is 1.76. The maximum absolute atomic E-state index is 12.0. The number of nitrogens with one attached hydrogen (secondary N) is 2. The molecule has 2 aromatic rings. The first-order valence-electron chi connectivity index (χ1n) is 10.4. The molecule has 0 spiro atoms. The maximum Gasteiger partial charge on any atom is 0.253 e. The van der Waals surface area contributed by atoms with Crippen LogP contribution in [0.1, 0.15) is 40.4 Å². The van der Waals surface area contributed by atoms with Gasteiger partial charge < -0.3 is 20.3 Å². The lowest BCUT2D eigenvalue weighted by molar-refractivity contribution is 0.0827. The number of hydrogen-bond acceptors (Lipinski definition) is 3. The van der Waals surface area contributed by atoms with Crippen LogP contribution in [0.4, 0.5) is 0 Å². The van der Waals surface area contributed by atoms with Gasteiger partial charge in [0.25, 0.3) is 5.91 Å². The monoisotopic (exact) mass is 410 g/mol.